The molecule has 0 radical (unpaired) electrons. The van der Waals surface area contributed by atoms with Crippen LogP contribution in [-0.4, -0.2) is 67.3 Å². The molecule has 0 amide bonds. The maximum absolute atomic E-state index is 13.0. The van der Waals surface area contributed by atoms with E-state index in [1.165, 1.54) is 43.6 Å². The van der Waals surface area contributed by atoms with Gasteiger partial charge in [-0.2, -0.15) is 0 Å². The highest BCUT2D eigenvalue weighted by Crippen LogP contribution is 2.43. The average Bonchev–Trinajstić information content (AvgIpc) is 3.08. The number of hydrogen-bond donors (Lipinski definition) is 0. The number of nitrogens with zero attached hydrogens (tertiary/aromatic N) is 2. The molecule has 0 saturated carbocycles. The van der Waals surface area contributed by atoms with Crippen molar-refractivity contribution in [1.29, 1.82) is 0 Å². The molecule has 38 heavy (non-hydrogen) atoms. The van der Waals surface area contributed by atoms with Gasteiger partial charge in [0.15, 0.2) is 0 Å². The second-order valence-electron chi connectivity index (χ2n) is 13.1. The highest BCUT2D eigenvalue weighted by molar-refractivity contribution is 7.45. The molecule has 0 aromatic heterocycles. The van der Waals surface area contributed by atoms with E-state index in [2.05, 4.69) is 21.0 Å². The summed E-state index contributed by atoms with van der Waals surface area (Å²) in [5.41, 5.74) is -1.05. The first-order valence-corrected chi connectivity index (χ1v) is 16.9. The van der Waals surface area contributed by atoms with E-state index < -0.39 is 19.1 Å². The lowest BCUT2D eigenvalue weighted by Gasteiger charge is -2.48. The summed E-state index contributed by atoms with van der Waals surface area (Å²) in [6.45, 7) is 8.78. The molecule has 2 aliphatic rings. The van der Waals surface area contributed by atoms with Crippen LogP contribution in [0.15, 0.2) is 0 Å². The molecule has 2 saturated heterocycles. The number of unbranched alkanes of at least 4 members (excludes halogenated alkanes) is 11. The summed E-state index contributed by atoms with van der Waals surface area (Å²) in [5.74, 6) is 0. The molecule has 2 rings (SSSR count). The summed E-state index contributed by atoms with van der Waals surface area (Å²) >= 11 is 0. The van der Waals surface area contributed by atoms with Crippen LogP contribution in [-0.2, 0) is 18.3 Å². The second-order valence-corrected chi connectivity index (χ2v) is 14.4. The maximum Gasteiger partial charge on any atom is 0.268 e. The van der Waals surface area contributed by atoms with Crippen LogP contribution in [0.1, 0.15) is 130 Å². The molecular formula is C29H58N2O6P-. The van der Waals surface area contributed by atoms with Crippen molar-refractivity contribution in [2.24, 2.45) is 0 Å². The van der Waals surface area contributed by atoms with E-state index >= 15 is 0 Å². The minimum atomic E-state index is -4.20. The predicted molar refractivity (Wildman–Crippen MR) is 152 cm³/mol. The maximum atomic E-state index is 13.0. The van der Waals surface area contributed by atoms with E-state index in [0.29, 0.717) is 6.61 Å². The van der Waals surface area contributed by atoms with Crippen LogP contribution in [0.25, 0.3) is 0 Å². The zero-order valence-corrected chi connectivity index (χ0v) is 26.1. The Kier molecular flexibility index (Phi) is 14.7. The summed E-state index contributed by atoms with van der Waals surface area (Å²) in [7, 11) is 0.111. The molecule has 0 bridgehead atoms. The topological polar surface area (TPSA) is 94.1 Å². The fourth-order valence-corrected chi connectivity index (χ4v) is 6.75. The van der Waals surface area contributed by atoms with E-state index in [1.807, 2.05) is 13.8 Å². The first-order chi connectivity index (χ1) is 17.9. The second kappa shape index (κ2) is 16.4. The number of hydroxylamine groups is 2. The van der Waals surface area contributed by atoms with Gasteiger partial charge in [-0.05, 0) is 46.0 Å². The molecule has 2 unspecified atom stereocenters. The molecule has 0 aromatic carbocycles. The third-order valence-corrected chi connectivity index (χ3v) is 9.44. The molecule has 0 aromatic rings. The fourth-order valence-electron chi connectivity index (χ4n) is 5.76. The van der Waals surface area contributed by atoms with Crippen LogP contribution in [0.4, 0.5) is 0 Å². The Balaban J connectivity index is 1.48. The molecule has 0 spiro atoms. The van der Waals surface area contributed by atoms with Gasteiger partial charge in [-0.15, -0.1) is 0 Å². The minimum absolute atomic E-state index is 0.213. The van der Waals surface area contributed by atoms with E-state index in [1.54, 1.807) is 0 Å². The van der Waals surface area contributed by atoms with Crippen LogP contribution in [0.3, 0.4) is 0 Å². The first kappa shape index (κ1) is 34.2. The Morgan fingerprint density at radius 1 is 0.895 bits per heavy atom. The van der Waals surface area contributed by atoms with Gasteiger partial charge < -0.3 is 33.4 Å². The zero-order valence-electron chi connectivity index (χ0n) is 25.2. The van der Waals surface area contributed by atoms with E-state index in [0.717, 1.165) is 88.2 Å². The quantitative estimate of drug-likeness (QED) is 0.0906. The van der Waals surface area contributed by atoms with Crippen LogP contribution >= 0.6 is 7.82 Å². The number of ether oxygens (including phenoxy) is 1. The molecule has 8 nitrogen and oxygen atoms in total. The summed E-state index contributed by atoms with van der Waals surface area (Å²) in [6, 6.07) is 0. The molecule has 2 heterocycles. The third kappa shape index (κ3) is 12.2. The van der Waals surface area contributed by atoms with Gasteiger partial charge in [-0.3, -0.25) is 4.57 Å². The van der Waals surface area contributed by atoms with Crippen LogP contribution in [0.2, 0.25) is 0 Å². The van der Waals surface area contributed by atoms with Crippen molar-refractivity contribution in [3.8, 4) is 0 Å². The summed E-state index contributed by atoms with van der Waals surface area (Å²) in [5, 5.41) is 14.3. The Morgan fingerprint density at radius 3 is 1.89 bits per heavy atom. The summed E-state index contributed by atoms with van der Waals surface area (Å²) in [4.78, 5) is 12.1. The number of rotatable bonds is 20. The molecule has 2 fully saturated rings. The smallest absolute Gasteiger partial charge is 0.268 e. The monoisotopic (exact) mass is 561 g/mol. The van der Waals surface area contributed by atoms with Gasteiger partial charge in [0.05, 0.1) is 46.5 Å². The Labute approximate surface area is 233 Å². The largest absolute Gasteiger partial charge is 0.783 e. The fraction of sp³-hybridized carbons (Fsp3) is 1.00. The number of likely N-dealkylation sites (tertiary alicyclic amines) is 1. The van der Waals surface area contributed by atoms with E-state index in [4.69, 9.17) is 13.8 Å². The molecule has 9 heteroatoms. The average molecular weight is 562 g/mol. The van der Waals surface area contributed by atoms with Crippen molar-refractivity contribution < 1.29 is 27.7 Å². The first-order valence-electron chi connectivity index (χ1n) is 15.5. The zero-order chi connectivity index (χ0) is 28.1. The Morgan fingerprint density at radius 2 is 1.39 bits per heavy atom. The van der Waals surface area contributed by atoms with Crippen molar-refractivity contribution >= 4 is 7.82 Å². The van der Waals surface area contributed by atoms with Crippen molar-refractivity contribution in [3.05, 3.63) is 5.21 Å². The molecule has 0 N–H and O–H groups in total. The van der Waals surface area contributed by atoms with Gasteiger partial charge in [-0.25, -0.2) is 0 Å². The lowest BCUT2D eigenvalue weighted by molar-refractivity contribution is -0.896. The SMILES string of the molecule is CCCCCCC1(CCCCCCCCCCCOP(=O)([O-])OC2CC[N+](C)(C)CC2)OCC(C)(C)N1[O-]. The molecule has 2 aliphatic heterocycles. The van der Waals surface area contributed by atoms with Gasteiger partial charge in [0.2, 0.25) is 0 Å². The molecule has 2 atom stereocenters. The van der Waals surface area contributed by atoms with Gasteiger partial charge in [-0.1, -0.05) is 71.1 Å². The lowest BCUT2D eigenvalue weighted by Crippen LogP contribution is -2.48. The number of phosphoric ester groups is 1. The number of quaternary nitrogens is 1. The number of hydrogen-bond acceptors (Lipinski definition) is 7. The number of phosphoric acid groups is 1. The molecule has 226 valence electrons. The van der Waals surface area contributed by atoms with Gasteiger partial charge >= 0.3 is 0 Å². The van der Waals surface area contributed by atoms with Crippen molar-refractivity contribution in [2.45, 2.75) is 147 Å². The van der Waals surface area contributed by atoms with E-state index in [9.17, 15) is 14.7 Å². The van der Waals surface area contributed by atoms with Crippen molar-refractivity contribution in [1.82, 2.24) is 5.06 Å². The summed E-state index contributed by atoms with van der Waals surface area (Å²) < 4.78 is 29.6. The van der Waals surface area contributed by atoms with Crippen LogP contribution in [0.5, 0.6) is 0 Å². The van der Waals surface area contributed by atoms with E-state index in [-0.39, 0.29) is 12.7 Å². The van der Waals surface area contributed by atoms with Crippen molar-refractivity contribution in [2.75, 3.05) is 40.4 Å². The van der Waals surface area contributed by atoms with Gasteiger partial charge in [0, 0.05) is 18.4 Å². The minimum Gasteiger partial charge on any atom is -0.783 e. The van der Waals surface area contributed by atoms with Crippen molar-refractivity contribution in [3.63, 3.8) is 0 Å². The highest BCUT2D eigenvalue weighted by atomic mass is 31.2. The highest BCUT2D eigenvalue weighted by Gasteiger charge is 2.45. The Bertz CT molecular complexity index is 697. The van der Waals surface area contributed by atoms with Crippen LogP contribution in [0, 0.1) is 5.21 Å². The third-order valence-electron chi connectivity index (χ3n) is 8.39. The van der Waals surface area contributed by atoms with Gasteiger partial charge in [0.25, 0.3) is 7.82 Å². The predicted octanol–water partition coefficient (Wildman–Crippen LogP) is 6.90. The van der Waals surface area contributed by atoms with Crippen LogP contribution < -0.4 is 4.89 Å². The lowest BCUT2D eigenvalue weighted by atomic mass is 9.95. The normalized spacial score (nSPS) is 25.6. The summed E-state index contributed by atoms with van der Waals surface area (Å²) in [6.07, 6.45) is 17.3. The standard InChI is InChI=1S/C29H59N2O6P/c1-6-7-8-16-21-29(30(32)28(2,3)26-35-29)22-17-14-12-10-9-11-13-15-18-25-36-38(33,34)37-27-19-23-31(4,5)24-20-27/h27H,6-26H2,1-5H3,(H,33,34)/p-1. The molecule has 0 aliphatic carbocycles. The number of piperidine rings is 1. The van der Waals surface area contributed by atoms with Gasteiger partial charge in [0.1, 0.15) is 5.72 Å². The molecular weight excluding hydrogens is 503 g/mol. The Hall–Kier alpha value is -0.0500.